The minimum atomic E-state index is -1.03. The summed E-state index contributed by atoms with van der Waals surface area (Å²) in [6, 6.07) is 8.21. The number of carbonyl (C=O) groups is 2. The first-order chi connectivity index (χ1) is 16.3. The Morgan fingerprint density at radius 1 is 1.15 bits per heavy atom. The summed E-state index contributed by atoms with van der Waals surface area (Å²) in [5.74, 6) is -2.30. The quantitative estimate of drug-likeness (QED) is 0.118. The van der Waals surface area contributed by atoms with Crippen molar-refractivity contribution in [2.75, 3.05) is 33.0 Å². The molecule has 2 aromatic rings. The van der Waals surface area contributed by atoms with Crippen LogP contribution in [0.25, 0.3) is 5.76 Å². The first-order valence-electron chi connectivity index (χ1n) is 10.5. The van der Waals surface area contributed by atoms with Crippen molar-refractivity contribution < 1.29 is 39.3 Å². The number of phenols is 1. The Labute approximate surface area is 194 Å². The third-order valence-corrected chi connectivity index (χ3v) is 5.20. The Hall–Kier alpha value is -3.96. The van der Waals surface area contributed by atoms with Crippen LogP contribution >= 0.6 is 0 Å². The third-order valence-electron chi connectivity index (χ3n) is 5.20. The highest BCUT2D eigenvalue weighted by molar-refractivity contribution is 6.46. The summed E-state index contributed by atoms with van der Waals surface area (Å²) in [4.78, 5) is 37.4. The number of nitro groups is 1. The van der Waals surface area contributed by atoms with Crippen LogP contribution in [0.4, 0.5) is 5.69 Å². The number of aliphatic hydroxyl groups excluding tert-OH is 2. The van der Waals surface area contributed by atoms with Crippen LogP contribution in [0.15, 0.2) is 48.0 Å². The van der Waals surface area contributed by atoms with Crippen LogP contribution in [0, 0.1) is 10.1 Å². The van der Waals surface area contributed by atoms with E-state index in [0.29, 0.717) is 5.56 Å². The number of ketones is 1. The molecule has 0 saturated carbocycles. The standard InChI is InChI=1S/C23H24N2O9/c1-2-34-18-13-15(5-8-17(18)27)20-19(21(28)14-3-6-16(7-4-14)25(31)32)22(29)23(30)24(20)9-11-33-12-10-26/h3-8,13,20,26-28H,2,9-12H2,1H3/b21-19+/t20-/m0/s1. The fourth-order valence-corrected chi connectivity index (χ4v) is 3.66. The second-order valence-corrected chi connectivity index (χ2v) is 7.29. The fraction of sp³-hybridized carbons (Fsp3) is 0.304. The number of aromatic hydroxyl groups is 1. The lowest BCUT2D eigenvalue weighted by atomic mass is 9.95. The first kappa shape index (κ1) is 24.7. The molecule has 1 fully saturated rings. The number of carbonyl (C=O) groups excluding carboxylic acids is 2. The number of benzene rings is 2. The number of phenolic OH excluding ortho intramolecular Hbond substituents is 1. The molecule has 0 unspecified atom stereocenters. The lowest BCUT2D eigenvalue weighted by Gasteiger charge is -2.25. The average molecular weight is 472 g/mol. The summed E-state index contributed by atoms with van der Waals surface area (Å²) in [5.41, 5.74) is 0.101. The molecule has 1 aliphatic rings. The largest absolute Gasteiger partial charge is 0.507 e. The van der Waals surface area contributed by atoms with Crippen molar-refractivity contribution in [3.63, 3.8) is 0 Å². The van der Waals surface area contributed by atoms with Crippen molar-refractivity contribution in [2.45, 2.75) is 13.0 Å². The lowest BCUT2D eigenvalue weighted by Crippen LogP contribution is -2.33. The van der Waals surface area contributed by atoms with Crippen molar-refractivity contribution >= 4 is 23.1 Å². The Morgan fingerprint density at radius 3 is 2.47 bits per heavy atom. The molecule has 0 spiro atoms. The predicted octanol–water partition coefficient (Wildman–Crippen LogP) is 2.13. The zero-order chi connectivity index (χ0) is 24.8. The zero-order valence-corrected chi connectivity index (χ0v) is 18.3. The summed E-state index contributed by atoms with van der Waals surface area (Å²) in [7, 11) is 0. The van der Waals surface area contributed by atoms with Gasteiger partial charge in [-0.2, -0.15) is 0 Å². The highest BCUT2D eigenvalue weighted by Crippen LogP contribution is 2.41. The summed E-state index contributed by atoms with van der Waals surface area (Å²) in [6.07, 6.45) is 0. The van der Waals surface area contributed by atoms with Crippen molar-refractivity contribution in [3.05, 3.63) is 69.3 Å². The van der Waals surface area contributed by atoms with Gasteiger partial charge < -0.3 is 29.7 Å². The van der Waals surface area contributed by atoms with Gasteiger partial charge in [-0.1, -0.05) is 6.07 Å². The van der Waals surface area contributed by atoms with Gasteiger partial charge in [-0.3, -0.25) is 19.7 Å². The highest BCUT2D eigenvalue weighted by Gasteiger charge is 2.46. The van der Waals surface area contributed by atoms with Gasteiger partial charge in [0.05, 0.1) is 43.0 Å². The van der Waals surface area contributed by atoms with Crippen LogP contribution in [-0.2, 0) is 14.3 Å². The van der Waals surface area contributed by atoms with Gasteiger partial charge in [-0.25, -0.2) is 0 Å². The molecule has 11 nitrogen and oxygen atoms in total. The average Bonchev–Trinajstić information content (AvgIpc) is 3.08. The van der Waals surface area contributed by atoms with E-state index in [2.05, 4.69) is 0 Å². The summed E-state index contributed by atoms with van der Waals surface area (Å²) >= 11 is 0. The fourth-order valence-electron chi connectivity index (χ4n) is 3.66. The molecule has 180 valence electrons. The Kier molecular flexibility index (Phi) is 7.82. The van der Waals surface area contributed by atoms with E-state index in [1.807, 2.05) is 0 Å². The third kappa shape index (κ3) is 5.00. The van der Waals surface area contributed by atoms with E-state index >= 15 is 0 Å². The van der Waals surface area contributed by atoms with E-state index in [1.54, 1.807) is 6.92 Å². The van der Waals surface area contributed by atoms with Crippen LogP contribution in [0.5, 0.6) is 11.5 Å². The van der Waals surface area contributed by atoms with Gasteiger partial charge in [0.15, 0.2) is 11.5 Å². The SMILES string of the molecule is CCOc1cc([C@H]2/C(=C(\O)c3ccc([N+](=O)[O-])cc3)C(=O)C(=O)N2CCOCCO)ccc1O. The molecule has 11 heteroatoms. The van der Waals surface area contributed by atoms with Gasteiger partial charge in [-0.05, 0) is 36.8 Å². The Bertz CT molecular complexity index is 1110. The van der Waals surface area contributed by atoms with Crippen LogP contribution in [0.1, 0.15) is 24.1 Å². The predicted molar refractivity (Wildman–Crippen MR) is 119 cm³/mol. The summed E-state index contributed by atoms with van der Waals surface area (Å²) < 4.78 is 10.7. The Balaban J connectivity index is 2.11. The minimum absolute atomic E-state index is 0.0167. The normalized spacial score (nSPS) is 17.2. The van der Waals surface area contributed by atoms with Crippen molar-refractivity contribution in [1.82, 2.24) is 4.90 Å². The van der Waals surface area contributed by atoms with Gasteiger partial charge in [0.25, 0.3) is 17.4 Å². The number of hydrogen-bond acceptors (Lipinski definition) is 9. The number of nitrogens with zero attached hydrogens (tertiary/aromatic N) is 2. The number of likely N-dealkylation sites (tertiary alicyclic amines) is 1. The van der Waals surface area contributed by atoms with Gasteiger partial charge in [0.1, 0.15) is 5.76 Å². The number of aliphatic hydroxyl groups is 2. The maximum Gasteiger partial charge on any atom is 0.295 e. The van der Waals surface area contributed by atoms with Gasteiger partial charge in [0, 0.05) is 24.2 Å². The number of nitro benzene ring substituents is 1. The maximum absolute atomic E-state index is 13.0. The van der Waals surface area contributed by atoms with E-state index in [1.165, 1.54) is 47.4 Å². The molecule has 0 bridgehead atoms. The number of hydrogen-bond donors (Lipinski definition) is 3. The topological polar surface area (TPSA) is 160 Å². The molecule has 0 aliphatic carbocycles. The number of non-ortho nitro benzene ring substituents is 1. The van der Waals surface area contributed by atoms with Crippen LogP contribution < -0.4 is 4.74 Å². The molecule has 3 rings (SSSR count). The molecule has 3 N–H and O–H groups in total. The second-order valence-electron chi connectivity index (χ2n) is 7.29. The molecule has 0 radical (unpaired) electrons. The monoisotopic (exact) mass is 472 g/mol. The molecule has 1 saturated heterocycles. The van der Waals surface area contributed by atoms with Crippen molar-refractivity contribution in [2.24, 2.45) is 0 Å². The molecule has 1 heterocycles. The van der Waals surface area contributed by atoms with E-state index in [-0.39, 0.29) is 61.3 Å². The molecular weight excluding hydrogens is 448 g/mol. The summed E-state index contributed by atoms with van der Waals surface area (Å²) in [5, 5.41) is 40.9. The second kappa shape index (κ2) is 10.8. The Morgan fingerprint density at radius 2 is 1.85 bits per heavy atom. The van der Waals surface area contributed by atoms with Crippen molar-refractivity contribution in [3.8, 4) is 11.5 Å². The molecule has 0 aromatic heterocycles. The number of ether oxygens (including phenoxy) is 2. The van der Waals surface area contributed by atoms with E-state index in [0.717, 1.165) is 0 Å². The van der Waals surface area contributed by atoms with Crippen LogP contribution in [0.3, 0.4) is 0 Å². The molecule has 2 aromatic carbocycles. The summed E-state index contributed by atoms with van der Waals surface area (Å²) in [6.45, 7) is 1.83. The van der Waals surface area contributed by atoms with E-state index in [9.17, 15) is 29.9 Å². The molecular formula is C23H24N2O9. The highest BCUT2D eigenvalue weighted by atomic mass is 16.6. The maximum atomic E-state index is 13.0. The van der Waals surface area contributed by atoms with Gasteiger partial charge in [0.2, 0.25) is 0 Å². The number of amides is 1. The van der Waals surface area contributed by atoms with Crippen LogP contribution in [-0.4, -0.2) is 69.8 Å². The first-order valence-corrected chi connectivity index (χ1v) is 10.5. The van der Waals surface area contributed by atoms with E-state index < -0.39 is 28.4 Å². The van der Waals surface area contributed by atoms with Crippen molar-refractivity contribution in [1.29, 1.82) is 0 Å². The van der Waals surface area contributed by atoms with Crippen LogP contribution in [0.2, 0.25) is 0 Å². The smallest absolute Gasteiger partial charge is 0.295 e. The van der Waals surface area contributed by atoms with E-state index in [4.69, 9.17) is 14.6 Å². The number of rotatable bonds is 10. The lowest BCUT2D eigenvalue weighted by molar-refractivity contribution is -0.384. The zero-order valence-electron chi connectivity index (χ0n) is 18.3. The minimum Gasteiger partial charge on any atom is -0.507 e. The molecule has 34 heavy (non-hydrogen) atoms. The molecule has 1 atom stereocenters. The molecule has 1 amide bonds. The number of Topliss-reactive ketones (excluding diaryl/α,β-unsaturated/α-hetero) is 1. The van der Waals surface area contributed by atoms with Gasteiger partial charge >= 0.3 is 0 Å². The van der Waals surface area contributed by atoms with Gasteiger partial charge in [-0.15, -0.1) is 0 Å². The molecule has 1 aliphatic heterocycles.